The SMILES string of the molecule is CCc1cc2c(cc1CC)CC(NCC(O)c1ccc(OCc3cscn3)c3[nH]c(=O)ccc13)C2. The number of nitrogens with one attached hydrogen (secondary N) is 2. The zero-order chi connectivity index (χ0) is 24.4. The quantitative estimate of drug-likeness (QED) is 0.323. The lowest BCUT2D eigenvalue weighted by Crippen LogP contribution is -2.33. The number of thiazole rings is 1. The Hall–Kier alpha value is -3.00. The molecule has 5 rings (SSSR count). The number of aliphatic hydroxyl groups excluding tert-OH is 1. The van der Waals surface area contributed by atoms with E-state index in [2.05, 4.69) is 41.3 Å². The molecule has 6 nitrogen and oxygen atoms in total. The fourth-order valence-corrected chi connectivity index (χ4v) is 5.63. The first-order valence-electron chi connectivity index (χ1n) is 12.3. The molecule has 0 amide bonds. The summed E-state index contributed by atoms with van der Waals surface area (Å²) in [6, 6.07) is 12.0. The fourth-order valence-electron chi connectivity index (χ4n) is 5.08. The predicted octanol–water partition coefficient (Wildman–Crippen LogP) is 4.48. The van der Waals surface area contributed by atoms with Gasteiger partial charge in [0.1, 0.15) is 12.4 Å². The van der Waals surface area contributed by atoms with Gasteiger partial charge >= 0.3 is 0 Å². The van der Waals surface area contributed by atoms with Gasteiger partial charge in [0.05, 0.1) is 22.8 Å². The highest BCUT2D eigenvalue weighted by Crippen LogP contribution is 2.31. The third-order valence-electron chi connectivity index (χ3n) is 6.92. The van der Waals surface area contributed by atoms with E-state index in [0.29, 0.717) is 30.5 Å². The zero-order valence-corrected chi connectivity index (χ0v) is 21.0. The molecule has 0 fully saturated rings. The van der Waals surface area contributed by atoms with Crippen molar-refractivity contribution in [3.63, 3.8) is 0 Å². The summed E-state index contributed by atoms with van der Waals surface area (Å²) in [5.74, 6) is 0.569. The topological polar surface area (TPSA) is 87.2 Å². The second-order valence-corrected chi connectivity index (χ2v) is 9.88. The normalized spacial score (nSPS) is 14.4. The summed E-state index contributed by atoms with van der Waals surface area (Å²) in [4.78, 5) is 19.2. The number of aromatic nitrogens is 2. The third kappa shape index (κ3) is 5.03. The Morgan fingerprint density at radius 1 is 1.14 bits per heavy atom. The maximum absolute atomic E-state index is 12.1. The number of nitrogens with zero attached hydrogens (tertiary/aromatic N) is 1. The molecule has 4 aromatic rings. The zero-order valence-electron chi connectivity index (χ0n) is 20.1. The van der Waals surface area contributed by atoms with Gasteiger partial charge in [0, 0.05) is 29.4 Å². The Morgan fingerprint density at radius 2 is 1.89 bits per heavy atom. The van der Waals surface area contributed by atoms with E-state index in [1.54, 1.807) is 11.6 Å². The van der Waals surface area contributed by atoms with Crippen LogP contribution < -0.4 is 15.6 Å². The van der Waals surface area contributed by atoms with E-state index in [4.69, 9.17) is 4.74 Å². The van der Waals surface area contributed by atoms with Crippen molar-refractivity contribution in [2.75, 3.05) is 6.54 Å². The van der Waals surface area contributed by atoms with Gasteiger partial charge in [-0.25, -0.2) is 4.98 Å². The smallest absolute Gasteiger partial charge is 0.248 e. The third-order valence-corrected chi connectivity index (χ3v) is 7.56. The average molecular weight is 490 g/mol. The van der Waals surface area contributed by atoms with Crippen LogP contribution in [0.15, 0.2) is 52.1 Å². The number of fused-ring (bicyclic) bond motifs is 2. The second-order valence-electron chi connectivity index (χ2n) is 9.16. The number of aryl methyl sites for hydroxylation is 2. The molecule has 0 saturated heterocycles. The van der Waals surface area contributed by atoms with Crippen LogP contribution in [-0.4, -0.2) is 27.7 Å². The Labute approximate surface area is 209 Å². The highest BCUT2D eigenvalue weighted by molar-refractivity contribution is 7.07. The molecule has 3 N–H and O–H groups in total. The van der Waals surface area contributed by atoms with Crippen LogP contribution in [0, 0.1) is 0 Å². The molecule has 0 radical (unpaired) electrons. The highest BCUT2D eigenvalue weighted by Gasteiger charge is 2.24. The summed E-state index contributed by atoms with van der Waals surface area (Å²) < 4.78 is 5.94. The molecule has 1 aliphatic rings. The molecular weight excluding hydrogens is 458 g/mol. The van der Waals surface area contributed by atoms with Crippen LogP contribution in [-0.2, 0) is 32.3 Å². The Morgan fingerprint density at radius 3 is 2.54 bits per heavy atom. The molecule has 35 heavy (non-hydrogen) atoms. The highest BCUT2D eigenvalue weighted by atomic mass is 32.1. The number of ether oxygens (including phenoxy) is 1. The number of rotatable bonds is 9. The first kappa shape index (κ1) is 23.7. The van der Waals surface area contributed by atoms with Gasteiger partial charge in [0.2, 0.25) is 5.56 Å². The Kier molecular flexibility index (Phi) is 7.00. The van der Waals surface area contributed by atoms with Gasteiger partial charge < -0.3 is 20.1 Å². The summed E-state index contributed by atoms with van der Waals surface area (Å²) in [5, 5.41) is 17.4. The van der Waals surface area contributed by atoms with E-state index in [9.17, 15) is 9.90 Å². The summed E-state index contributed by atoms with van der Waals surface area (Å²) in [6.07, 6.45) is 3.38. The minimum atomic E-state index is -0.711. The number of aliphatic hydroxyl groups is 1. The fraction of sp³-hybridized carbons (Fsp3) is 0.357. The molecule has 2 aromatic heterocycles. The van der Waals surface area contributed by atoms with Gasteiger partial charge in [-0.1, -0.05) is 32.0 Å². The van der Waals surface area contributed by atoms with Crippen LogP contribution in [0.4, 0.5) is 0 Å². The van der Waals surface area contributed by atoms with E-state index >= 15 is 0 Å². The van der Waals surface area contributed by atoms with Crippen molar-refractivity contribution in [2.45, 2.75) is 58.3 Å². The van der Waals surface area contributed by atoms with Crippen molar-refractivity contribution in [2.24, 2.45) is 0 Å². The molecule has 2 aromatic carbocycles. The summed E-state index contributed by atoms with van der Waals surface area (Å²) in [6.45, 7) is 5.19. The van der Waals surface area contributed by atoms with Crippen molar-refractivity contribution >= 4 is 22.2 Å². The molecule has 2 heterocycles. The van der Waals surface area contributed by atoms with E-state index in [-0.39, 0.29) is 5.56 Å². The van der Waals surface area contributed by atoms with E-state index < -0.39 is 6.10 Å². The summed E-state index contributed by atoms with van der Waals surface area (Å²) in [7, 11) is 0. The predicted molar refractivity (Wildman–Crippen MR) is 140 cm³/mol. The average Bonchev–Trinajstić information content (AvgIpc) is 3.54. The largest absolute Gasteiger partial charge is 0.485 e. The first-order valence-corrected chi connectivity index (χ1v) is 13.2. The number of benzene rings is 2. The first-order chi connectivity index (χ1) is 17.1. The van der Waals surface area contributed by atoms with Crippen molar-refractivity contribution in [1.29, 1.82) is 0 Å². The van der Waals surface area contributed by atoms with Crippen LogP contribution in [0.2, 0.25) is 0 Å². The molecule has 0 aliphatic heterocycles. The minimum Gasteiger partial charge on any atom is -0.485 e. The maximum atomic E-state index is 12.1. The maximum Gasteiger partial charge on any atom is 0.248 e. The molecule has 0 bridgehead atoms. The van der Waals surface area contributed by atoms with Crippen molar-refractivity contribution in [3.05, 3.63) is 91.2 Å². The number of pyridine rings is 1. The monoisotopic (exact) mass is 489 g/mol. The Bertz CT molecular complexity index is 1350. The van der Waals surface area contributed by atoms with E-state index in [0.717, 1.165) is 42.3 Å². The number of H-pyrrole nitrogens is 1. The summed E-state index contributed by atoms with van der Waals surface area (Å²) >= 11 is 1.51. The molecule has 0 spiro atoms. The van der Waals surface area contributed by atoms with E-state index in [1.807, 2.05) is 17.5 Å². The molecule has 1 unspecified atom stereocenters. The lowest BCUT2D eigenvalue weighted by molar-refractivity contribution is 0.171. The molecule has 1 atom stereocenters. The molecular formula is C28H31N3O3S. The van der Waals surface area contributed by atoms with Crippen LogP contribution in [0.3, 0.4) is 0 Å². The van der Waals surface area contributed by atoms with Crippen LogP contribution in [0.25, 0.3) is 10.9 Å². The standard InChI is InChI=1S/C28H31N3O3S/c1-3-17-9-19-11-21(12-20(19)10-18(17)4-2)29-13-25(32)23-5-7-26(34-14-22-15-35-16-30-22)28-24(23)6-8-27(33)31-28/h5-10,15-16,21,25,29,32H,3-4,11-14H2,1-2H3,(H,31,33). The van der Waals surface area contributed by atoms with Gasteiger partial charge in [-0.2, -0.15) is 0 Å². The number of hydrogen-bond acceptors (Lipinski definition) is 6. The van der Waals surface area contributed by atoms with Gasteiger partial charge in [-0.05, 0) is 65.6 Å². The van der Waals surface area contributed by atoms with Crippen LogP contribution >= 0.6 is 11.3 Å². The van der Waals surface area contributed by atoms with Gasteiger partial charge in [-0.15, -0.1) is 11.3 Å². The van der Waals surface area contributed by atoms with Crippen molar-refractivity contribution in [1.82, 2.24) is 15.3 Å². The van der Waals surface area contributed by atoms with Crippen molar-refractivity contribution < 1.29 is 9.84 Å². The lowest BCUT2D eigenvalue weighted by Gasteiger charge is -2.19. The molecule has 182 valence electrons. The lowest BCUT2D eigenvalue weighted by atomic mass is 9.97. The van der Waals surface area contributed by atoms with Gasteiger partial charge in [-0.3, -0.25) is 4.79 Å². The summed E-state index contributed by atoms with van der Waals surface area (Å²) in [5.41, 5.74) is 9.50. The van der Waals surface area contributed by atoms with Gasteiger partial charge in [0.25, 0.3) is 0 Å². The number of aromatic amines is 1. The van der Waals surface area contributed by atoms with Gasteiger partial charge in [0.15, 0.2) is 0 Å². The second kappa shape index (κ2) is 10.3. The number of hydrogen-bond donors (Lipinski definition) is 3. The molecule has 0 saturated carbocycles. The van der Waals surface area contributed by atoms with Crippen LogP contribution in [0.5, 0.6) is 5.75 Å². The van der Waals surface area contributed by atoms with E-state index in [1.165, 1.54) is 39.7 Å². The Balaban J connectivity index is 1.30. The minimum absolute atomic E-state index is 0.206. The molecule has 7 heteroatoms. The van der Waals surface area contributed by atoms with Crippen molar-refractivity contribution in [3.8, 4) is 5.75 Å². The molecule has 1 aliphatic carbocycles. The van der Waals surface area contributed by atoms with Crippen LogP contribution in [0.1, 0.15) is 53.5 Å².